The third kappa shape index (κ3) is 3.30. The van der Waals surface area contributed by atoms with Crippen LogP contribution in [-0.4, -0.2) is 11.9 Å². The van der Waals surface area contributed by atoms with E-state index in [4.69, 9.17) is 16.3 Å². The second kappa shape index (κ2) is 6.41. The Morgan fingerprint density at radius 2 is 2.09 bits per heavy atom. The van der Waals surface area contributed by atoms with Crippen LogP contribution in [0, 0.1) is 16.3 Å². The minimum atomic E-state index is -0.629. The number of hydrogen-bond donors (Lipinski definition) is 0. The summed E-state index contributed by atoms with van der Waals surface area (Å²) < 4.78 is 20.1. The van der Waals surface area contributed by atoms with E-state index in [9.17, 15) is 9.18 Å². The summed E-state index contributed by atoms with van der Waals surface area (Å²) >= 11 is 8.18. The summed E-state index contributed by atoms with van der Waals surface area (Å²) in [6.07, 6.45) is 1.30. The molecule has 3 nitrogen and oxygen atoms in total. The lowest BCUT2D eigenvalue weighted by atomic mass is 10.1. The number of esters is 1. The van der Waals surface area contributed by atoms with E-state index >= 15 is 0 Å². The van der Waals surface area contributed by atoms with Crippen molar-refractivity contribution in [2.24, 2.45) is 4.99 Å². The number of rotatable bonds is 2. The van der Waals surface area contributed by atoms with Gasteiger partial charge in [-0.1, -0.05) is 17.7 Å². The number of nitrogens with zero attached hydrogens (tertiary/aromatic N) is 1. The monoisotopic (exact) mass is 441 g/mol. The Labute approximate surface area is 151 Å². The van der Waals surface area contributed by atoms with Crippen molar-refractivity contribution in [2.45, 2.75) is 6.92 Å². The van der Waals surface area contributed by atoms with E-state index in [0.29, 0.717) is 5.56 Å². The zero-order valence-corrected chi connectivity index (χ0v) is 14.9. The fourth-order valence-electron chi connectivity index (χ4n) is 2.10. The molecule has 1 heterocycles. The fourth-order valence-corrected chi connectivity index (χ4v) is 2.65. The highest BCUT2D eigenvalue weighted by Crippen LogP contribution is 2.25. The smallest absolute Gasteiger partial charge is 0.363 e. The maximum atomic E-state index is 13.8. The SMILES string of the molecule is Cc1cc(C2=N/C(=C\c3c(F)cccc3Cl)C(=O)O2)ccc1I. The zero-order chi connectivity index (χ0) is 16.6. The van der Waals surface area contributed by atoms with Crippen LogP contribution in [-0.2, 0) is 9.53 Å². The van der Waals surface area contributed by atoms with Crippen LogP contribution < -0.4 is 0 Å². The number of carbonyl (C=O) groups is 1. The number of cyclic esters (lactones) is 1. The van der Waals surface area contributed by atoms with Crippen LogP contribution >= 0.6 is 34.2 Å². The van der Waals surface area contributed by atoms with Crippen LogP contribution in [0.5, 0.6) is 0 Å². The standard InChI is InChI=1S/C17H10ClFINO2/c1-9-7-10(5-6-14(9)20)16-21-15(17(22)23-16)8-11-12(18)3-2-4-13(11)19/h2-8H,1H3/b15-8-. The molecule has 2 aromatic carbocycles. The highest BCUT2D eigenvalue weighted by molar-refractivity contribution is 14.1. The Morgan fingerprint density at radius 1 is 1.30 bits per heavy atom. The van der Waals surface area contributed by atoms with Crippen molar-refractivity contribution in [3.63, 3.8) is 0 Å². The Balaban J connectivity index is 2.01. The fraction of sp³-hybridized carbons (Fsp3) is 0.0588. The molecule has 0 fully saturated rings. The number of hydrogen-bond acceptors (Lipinski definition) is 3. The Hall–Kier alpha value is -1.73. The summed E-state index contributed by atoms with van der Waals surface area (Å²) in [4.78, 5) is 16.1. The quantitative estimate of drug-likeness (QED) is 0.384. The molecule has 116 valence electrons. The summed E-state index contributed by atoms with van der Waals surface area (Å²) in [7, 11) is 0. The minimum absolute atomic E-state index is 0.0169. The van der Waals surface area contributed by atoms with Crippen LogP contribution in [0.15, 0.2) is 47.1 Å². The molecule has 0 saturated heterocycles. The summed E-state index contributed by atoms with van der Waals surface area (Å²) in [6, 6.07) is 9.93. The molecule has 0 bridgehead atoms. The van der Waals surface area contributed by atoms with E-state index in [-0.39, 0.29) is 22.2 Å². The number of ether oxygens (including phenoxy) is 1. The first-order valence-electron chi connectivity index (χ1n) is 6.69. The first-order valence-corrected chi connectivity index (χ1v) is 8.14. The number of aliphatic imine (C=N–C) groups is 1. The van der Waals surface area contributed by atoms with E-state index in [1.165, 1.54) is 18.2 Å². The molecule has 0 radical (unpaired) electrons. The van der Waals surface area contributed by atoms with Gasteiger partial charge in [0, 0.05) is 14.7 Å². The molecule has 0 unspecified atom stereocenters. The van der Waals surface area contributed by atoms with Crippen LogP contribution in [0.3, 0.4) is 0 Å². The number of carbonyl (C=O) groups excluding carboxylic acids is 1. The lowest BCUT2D eigenvalue weighted by Gasteiger charge is -2.02. The average molecular weight is 442 g/mol. The Bertz CT molecular complexity index is 857. The summed E-state index contributed by atoms with van der Waals surface area (Å²) in [5, 5.41) is 0.207. The molecule has 3 rings (SSSR count). The molecular weight excluding hydrogens is 432 g/mol. The summed E-state index contributed by atoms with van der Waals surface area (Å²) in [5.41, 5.74) is 1.88. The van der Waals surface area contributed by atoms with Gasteiger partial charge in [0.25, 0.3) is 0 Å². The highest BCUT2D eigenvalue weighted by Gasteiger charge is 2.25. The molecule has 0 amide bonds. The van der Waals surface area contributed by atoms with Gasteiger partial charge < -0.3 is 4.74 Å². The lowest BCUT2D eigenvalue weighted by molar-refractivity contribution is -0.129. The molecule has 0 N–H and O–H groups in total. The molecule has 0 aliphatic carbocycles. The molecule has 0 saturated carbocycles. The number of benzene rings is 2. The second-order valence-electron chi connectivity index (χ2n) is 4.94. The van der Waals surface area contributed by atoms with Gasteiger partial charge in [-0.2, -0.15) is 0 Å². The molecule has 0 spiro atoms. The largest absolute Gasteiger partial charge is 0.402 e. The van der Waals surface area contributed by atoms with Gasteiger partial charge in [0.15, 0.2) is 5.70 Å². The molecule has 1 aliphatic heterocycles. The van der Waals surface area contributed by atoms with Crippen molar-refractivity contribution < 1.29 is 13.9 Å². The van der Waals surface area contributed by atoms with Gasteiger partial charge in [0.05, 0.1) is 5.02 Å². The minimum Gasteiger partial charge on any atom is -0.402 e. The van der Waals surface area contributed by atoms with E-state index in [2.05, 4.69) is 27.6 Å². The first-order chi connectivity index (χ1) is 11.0. The van der Waals surface area contributed by atoms with E-state index in [1.54, 1.807) is 6.07 Å². The molecule has 0 aromatic heterocycles. The predicted molar refractivity (Wildman–Crippen MR) is 95.9 cm³/mol. The first kappa shape index (κ1) is 16.1. The highest BCUT2D eigenvalue weighted by atomic mass is 127. The Morgan fingerprint density at radius 3 is 2.78 bits per heavy atom. The van der Waals surface area contributed by atoms with Gasteiger partial charge in [-0.05, 0) is 71.5 Å². The molecule has 2 aromatic rings. The van der Waals surface area contributed by atoms with Gasteiger partial charge >= 0.3 is 5.97 Å². The van der Waals surface area contributed by atoms with E-state index in [1.807, 2.05) is 25.1 Å². The van der Waals surface area contributed by atoms with Crippen LogP contribution in [0.4, 0.5) is 4.39 Å². The summed E-state index contributed by atoms with van der Waals surface area (Å²) in [6.45, 7) is 1.96. The van der Waals surface area contributed by atoms with Gasteiger partial charge in [-0.25, -0.2) is 14.2 Å². The van der Waals surface area contributed by atoms with Crippen molar-refractivity contribution >= 4 is 52.1 Å². The second-order valence-corrected chi connectivity index (χ2v) is 6.50. The van der Waals surface area contributed by atoms with Crippen molar-refractivity contribution in [3.8, 4) is 0 Å². The molecule has 23 heavy (non-hydrogen) atoms. The zero-order valence-electron chi connectivity index (χ0n) is 11.9. The topological polar surface area (TPSA) is 38.7 Å². The molecule has 6 heteroatoms. The van der Waals surface area contributed by atoms with Crippen molar-refractivity contribution in [1.82, 2.24) is 0 Å². The van der Waals surface area contributed by atoms with Crippen molar-refractivity contribution in [1.29, 1.82) is 0 Å². The van der Waals surface area contributed by atoms with Crippen LogP contribution in [0.2, 0.25) is 5.02 Å². The van der Waals surface area contributed by atoms with Gasteiger partial charge in [0.2, 0.25) is 5.90 Å². The van der Waals surface area contributed by atoms with E-state index in [0.717, 1.165) is 9.13 Å². The molecule has 1 aliphatic rings. The van der Waals surface area contributed by atoms with Crippen molar-refractivity contribution in [3.05, 3.63) is 73.2 Å². The third-order valence-corrected chi connectivity index (χ3v) is 4.85. The Kier molecular flexibility index (Phi) is 4.50. The predicted octanol–water partition coefficient (Wildman–Crippen LogP) is 4.74. The van der Waals surface area contributed by atoms with Gasteiger partial charge in [-0.3, -0.25) is 0 Å². The van der Waals surface area contributed by atoms with E-state index < -0.39 is 11.8 Å². The van der Waals surface area contributed by atoms with Crippen LogP contribution in [0.25, 0.3) is 6.08 Å². The van der Waals surface area contributed by atoms with Crippen LogP contribution in [0.1, 0.15) is 16.7 Å². The normalized spacial score (nSPS) is 15.7. The maximum absolute atomic E-state index is 13.8. The maximum Gasteiger partial charge on any atom is 0.363 e. The number of halogens is 3. The lowest BCUT2D eigenvalue weighted by Crippen LogP contribution is -2.05. The van der Waals surface area contributed by atoms with Gasteiger partial charge in [0.1, 0.15) is 5.82 Å². The molecule has 0 atom stereocenters. The summed E-state index contributed by atoms with van der Waals surface area (Å²) in [5.74, 6) is -0.949. The van der Waals surface area contributed by atoms with Crippen molar-refractivity contribution in [2.75, 3.05) is 0 Å². The third-order valence-electron chi connectivity index (χ3n) is 3.31. The van der Waals surface area contributed by atoms with Gasteiger partial charge in [-0.15, -0.1) is 0 Å². The molecular formula is C17H10ClFINO2. The number of aryl methyl sites for hydroxylation is 1. The average Bonchev–Trinajstić information content (AvgIpc) is 2.87.